The van der Waals surface area contributed by atoms with Gasteiger partial charge in [0.2, 0.25) is 0 Å². The lowest BCUT2D eigenvalue weighted by Crippen LogP contribution is -3.14. The summed E-state index contributed by atoms with van der Waals surface area (Å²) in [5.41, 5.74) is 0. The van der Waals surface area contributed by atoms with E-state index in [-0.39, 0.29) is 12.2 Å². The van der Waals surface area contributed by atoms with Gasteiger partial charge in [0, 0.05) is 13.7 Å². The number of aliphatic hydroxyl groups is 2. The van der Waals surface area contributed by atoms with Gasteiger partial charge in [-0.3, -0.25) is 0 Å². The predicted molar refractivity (Wildman–Crippen MR) is 92.4 cm³/mol. The van der Waals surface area contributed by atoms with Gasteiger partial charge < -0.3 is 19.8 Å². The van der Waals surface area contributed by atoms with Crippen molar-refractivity contribution in [2.24, 2.45) is 0 Å². The Morgan fingerprint density at radius 2 is 1.14 bits per heavy atom. The molecule has 2 atom stereocenters. The lowest BCUT2D eigenvalue weighted by Gasteiger charge is -2.22. The van der Waals surface area contributed by atoms with Crippen molar-refractivity contribution in [2.45, 2.75) is 83.8 Å². The van der Waals surface area contributed by atoms with E-state index in [1.54, 1.807) is 7.11 Å². The zero-order valence-corrected chi connectivity index (χ0v) is 15.1. The van der Waals surface area contributed by atoms with Gasteiger partial charge in [0.15, 0.2) is 0 Å². The van der Waals surface area contributed by atoms with Crippen LogP contribution in [0.2, 0.25) is 0 Å². The molecule has 4 heteroatoms. The Balaban J connectivity index is 3.41. The van der Waals surface area contributed by atoms with E-state index in [1.165, 1.54) is 62.7 Å². The fourth-order valence-corrected chi connectivity index (χ4v) is 2.98. The molecule has 0 aliphatic heterocycles. The Kier molecular flexibility index (Phi) is 15.6. The van der Waals surface area contributed by atoms with Crippen LogP contribution in [-0.4, -0.2) is 55.8 Å². The van der Waals surface area contributed by atoms with Crippen LogP contribution in [0.4, 0.5) is 0 Å². The second kappa shape index (κ2) is 15.7. The van der Waals surface area contributed by atoms with Gasteiger partial charge in [-0.05, 0) is 33.1 Å². The second-order valence-corrected chi connectivity index (χ2v) is 6.78. The zero-order valence-electron chi connectivity index (χ0n) is 15.1. The summed E-state index contributed by atoms with van der Waals surface area (Å²) in [7, 11) is 1.77. The van der Waals surface area contributed by atoms with E-state index in [9.17, 15) is 10.2 Å². The molecule has 134 valence electrons. The Labute approximate surface area is 137 Å². The summed E-state index contributed by atoms with van der Waals surface area (Å²) >= 11 is 0. The van der Waals surface area contributed by atoms with Crippen LogP contribution in [0.25, 0.3) is 0 Å². The minimum atomic E-state index is -0.285. The Morgan fingerprint density at radius 3 is 1.55 bits per heavy atom. The first-order chi connectivity index (χ1) is 10.6. The Bertz CT molecular complexity index is 212. The number of unbranched alkanes of at least 4 members (excludes halogenated alkanes) is 8. The molecule has 0 fully saturated rings. The van der Waals surface area contributed by atoms with Crippen LogP contribution < -0.4 is 4.90 Å². The molecule has 0 amide bonds. The van der Waals surface area contributed by atoms with Crippen LogP contribution in [0.1, 0.15) is 71.6 Å². The van der Waals surface area contributed by atoms with Crippen LogP contribution in [0, 0.1) is 0 Å². The van der Waals surface area contributed by atoms with E-state index < -0.39 is 0 Å². The van der Waals surface area contributed by atoms with Crippen molar-refractivity contribution in [2.75, 3.05) is 33.4 Å². The molecule has 0 bridgehead atoms. The van der Waals surface area contributed by atoms with Gasteiger partial charge in [-0.1, -0.05) is 38.5 Å². The lowest BCUT2D eigenvalue weighted by molar-refractivity contribution is -0.906. The highest BCUT2D eigenvalue weighted by Crippen LogP contribution is 2.09. The fraction of sp³-hybridized carbons (Fsp3) is 1.00. The van der Waals surface area contributed by atoms with Crippen molar-refractivity contribution in [3.8, 4) is 0 Å². The summed E-state index contributed by atoms with van der Waals surface area (Å²) in [6.45, 7) is 7.10. The van der Waals surface area contributed by atoms with Crippen molar-refractivity contribution in [3.63, 3.8) is 0 Å². The third-order valence-corrected chi connectivity index (χ3v) is 4.05. The normalized spacial score (nSPS) is 15.7. The lowest BCUT2D eigenvalue weighted by atomic mass is 10.1. The quantitative estimate of drug-likeness (QED) is 0.380. The van der Waals surface area contributed by atoms with Gasteiger partial charge in [-0.15, -0.1) is 0 Å². The van der Waals surface area contributed by atoms with Gasteiger partial charge in [0.05, 0.1) is 6.54 Å². The number of nitrogens with one attached hydrogen (secondary N) is 1. The SMILES string of the molecule is COCCCCCCCCCCC[NH+](CC(C)O)CC(C)O. The molecule has 0 aromatic heterocycles. The number of ether oxygens (including phenoxy) is 1. The first-order valence-electron chi connectivity index (χ1n) is 9.25. The van der Waals surface area contributed by atoms with Crippen LogP contribution in [0.5, 0.6) is 0 Å². The highest BCUT2D eigenvalue weighted by Gasteiger charge is 2.13. The minimum Gasteiger partial charge on any atom is -0.388 e. The highest BCUT2D eigenvalue weighted by molar-refractivity contribution is 4.49. The van der Waals surface area contributed by atoms with Crippen molar-refractivity contribution in [1.29, 1.82) is 0 Å². The highest BCUT2D eigenvalue weighted by atomic mass is 16.5. The maximum absolute atomic E-state index is 9.50. The minimum absolute atomic E-state index is 0.285. The van der Waals surface area contributed by atoms with Crippen LogP contribution in [0.15, 0.2) is 0 Å². The van der Waals surface area contributed by atoms with Crippen LogP contribution in [-0.2, 0) is 4.74 Å². The number of quaternary nitrogens is 1. The molecule has 0 aromatic carbocycles. The third kappa shape index (κ3) is 16.2. The molecule has 2 unspecified atom stereocenters. The first kappa shape index (κ1) is 21.8. The van der Waals surface area contributed by atoms with Crippen molar-refractivity contribution in [1.82, 2.24) is 0 Å². The van der Waals surface area contributed by atoms with E-state index >= 15 is 0 Å². The molecule has 0 aliphatic carbocycles. The molecule has 0 saturated carbocycles. The van der Waals surface area contributed by atoms with Crippen molar-refractivity contribution >= 4 is 0 Å². The Morgan fingerprint density at radius 1 is 0.727 bits per heavy atom. The fourth-order valence-electron chi connectivity index (χ4n) is 2.98. The number of hydrogen-bond acceptors (Lipinski definition) is 3. The molecule has 0 saturated heterocycles. The van der Waals surface area contributed by atoms with E-state index in [0.29, 0.717) is 0 Å². The van der Waals surface area contributed by atoms with Crippen molar-refractivity contribution in [3.05, 3.63) is 0 Å². The van der Waals surface area contributed by atoms with E-state index in [2.05, 4.69) is 0 Å². The summed E-state index contributed by atoms with van der Waals surface area (Å²) in [6.07, 6.45) is 11.1. The Hall–Kier alpha value is -0.160. The maximum atomic E-state index is 9.50. The van der Waals surface area contributed by atoms with Gasteiger partial charge in [0.1, 0.15) is 25.3 Å². The molecule has 0 radical (unpaired) electrons. The molecule has 0 aromatic rings. The van der Waals surface area contributed by atoms with E-state index in [4.69, 9.17) is 4.74 Å². The molecule has 3 N–H and O–H groups in total. The summed E-state index contributed by atoms with van der Waals surface area (Å²) in [5.74, 6) is 0. The number of methoxy groups -OCH3 is 1. The number of aliphatic hydroxyl groups excluding tert-OH is 2. The largest absolute Gasteiger partial charge is 0.388 e. The topological polar surface area (TPSA) is 54.1 Å². The van der Waals surface area contributed by atoms with Gasteiger partial charge in [-0.25, -0.2) is 0 Å². The predicted octanol–water partition coefficient (Wildman–Crippen LogP) is 1.79. The molecular formula is C18H40NO3+. The van der Waals surface area contributed by atoms with Crippen LogP contribution >= 0.6 is 0 Å². The van der Waals surface area contributed by atoms with E-state index in [0.717, 1.165) is 26.2 Å². The first-order valence-corrected chi connectivity index (χ1v) is 9.25. The second-order valence-electron chi connectivity index (χ2n) is 6.78. The summed E-state index contributed by atoms with van der Waals surface area (Å²) in [4.78, 5) is 1.32. The summed E-state index contributed by atoms with van der Waals surface area (Å²) in [6, 6.07) is 0. The molecule has 4 nitrogen and oxygen atoms in total. The summed E-state index contributed by atoms with van der Waals surface area (Å²) in [5, 5.41) is 19.0. The molecule has 0 aliphatic rings. The summed E-state index contributed by atoms with van der Waals surface area (Å²) < 4.78 is 5.05. The van der Waals surface area contributed by atoms with Gasteiger partial charge in [0.25, 0.3) is 0 Å². The molecule has 0 spiro atoms. The van der Waals surface area contributed by atoms with Gasteiger partial charge >= 0.3 is 0 Å². The smallest absolute Gasteiger partial charge is 0.103 e. The van der Waals surface area contributed by atoms with Gasteiger partial charge in [-0.2, -0.15) is 0 Å². The molecular weight excluding hydrogens is 278 g/mol. The van der Waals surface area contributed by atoms with E-state index in [1.807, 2.05) is 13.8 Å². The average molecular weight is 319 g/mol. The third-order valence-electron chi connectivity index (χ3n) is 4.05. The zero-order chi connectivity index (χ0) is 16.6. The molecule has 22 heavy (non-hydrogen) atoms. The molecule has 0 heterocycles. The average Bonchev–Trinajstić information content (AvgIpc) is 2.43. The number of hydrogen-bond donors (Lipinski definition) is 3. The molecule has 0 rings (SSSR count). The monoisotopic (exact) mass is 318 g/mol. The maximum Gasteiger partial charge on any atom is 0.103 e. The van der Waals surface area contributed by atoms with Crippen molar-refractivity contribution < 1.29 is 19.8 Å². The standard InChI is InChI=1S/C18H39NO3/c1-17(20)15-19(16-18(2)21)13-11-9-7-5-4-6-8-10-12-14-22-3/h17-18,20-21H,4-16H2,1-3H3/p+1. The van der Waals surface area contributed by atoms with Crippen LogP contribution in [0.3, 0.4) is 0 Å². The number of rotatable bonds is 16.